The Bertz CT molecular complexity index is 331. The molecule has 0 aromatic heterocycles. The number of benzene rings is 1. The van der Waals surface area contributed by atoms with Crippen molar-refractivity contribution in [2.24, 2.45) is 0 Å². The normalized spacial score (nSPS) is 20.3. The van der Waals surface area contributed by atoms with Gasteiger partial charge >= 0.3 is 0 Å². The lowest BCUT2D eigenvalue weighted by Crippen LogP contribution is -2.10. The Labute approximate surface area is 90.1 Å². The van der Waals surface area contributed by atoms with E-state index < -0.39 is 0 Å². The van der Waals surface area contributed by atoms with Crippen LogP contribution in [0.15, 0.2) is 34.7 Å². The first kappa shape index (κ1) is 9.25. The molecule has 0 aliphatic carbocycles. The van der Waals surface area contributed by atoms with E-state index in [0.717, 1.165) is 20.8 Å². The molecule has 1 aromatic carbocycles. The first-order valence-corrected chi connectivity index (χ1v) is 6.04. The molecule has 68 valence electrons. The van der Waals surface area contributed by atoms with Crippen LogP contribution in [0.4, 0.5) is 0 Å². The number of halogens is 2. The summed E-state index contributed by atoms with van der Waals surface area (Å²) >= 11 is 12.1. The molecule has 0 fully saturated rings. The summed E-state index contributed by atoms with van der Waals surface area (Å²) in [4.78, 5) is 1.05. The largest absolute Gasteiger partial charge is 0.345 e. The van der Waals surface area contributed by atoms with E-state index in [2.05, 4.69) is 10.7 Å². The van der Waals surface area contributed by atoms with Gasteiger partial charge in [0.25, 0.3) is 0 Å². The molecule has 1 atom stereocenters. The first-order chi connectivity index (χ1) is 6.29. The van der Waals surface area contributed by atoms with E-state index in [1.165, 1.54) is 0 Å². The maximum absolute atomic E-state index is 6.07. The van der Waals surface area contributed by atoms with Crippen molar-refractivity contribution >= 4 is 34.1 Å². The highest BCUT2D eigenvalue weighted by Gasteiger charge is 2.27. The second-order valence-electron chi connectivity index (χ2n) is 2.63. The Balaban J connectivity index is 2.43. The van der Waals surface area contributed by atoms with Crippen molar-refractivity contribution in [3.8, 4) is 0 Å². The van der Waals surface area contributed by atoms with Crippen LogP contribution in [0.25, 0.3) is 0 Å². The lowest BCUT2D eigenvalue weighted by molar-refractivity contribution is 1.08. The molecule has 1 aliphatic rings. The highest BCUT2D eigenvalue weighted by Crippen LogP contribution is 2.32. The fourth-order valence-corrected chi connectivity index (χ4v) is 3.73. The molecule has 1 unspecified atom stereocenters. The maximum Gasteiger partial charge on any atom is 0.199 e. The molecule has 0 saturated carbocycles. The van der Waals surface area contributed by atoms with Crippen LogP contribution in [-0.2, 0) is 10.9 Å². The number of hydrogen-bond acceptors (Lipinski definition) is 1. The zero-order valence-corrected chi connectivity index (χ0v) is 9.09. The molecule has 1 aliphatic heterocycles. The van der Waals surface area contributed by atoms with Crippen molar-refractivity contribution in [2.75, 3.05) is 5.88 Å². The fraction of sp³-hybridized carbons (Fsp3) is 0.111. The Morgan fingerprint density at radius 3 is 2.46 bits per heavy atom. The predicted octanol–water partition coefficient (Wildman–Crippen LogP) is 3.00. The highest BCUT2D eigenvalue weighted by molar-refractivity contribution is 8.00. The molecule has 2 rings (SSSR count). The monoisotopic (exact) mass is 232 g/mol. The van der Waals surface area contributed by atoms with Crippen molar-refractivity contribution in [2.45, 2.75) is 4.90 Å². The summed E-state index contributed by atoms with van der Waals surface area (Å²) in [6.45, 7) is 0. The predicted molar refractivity (Wildman–Crippen MR) is 59.2 cm³/mol. The lowest BCUT2D eigenvalue weighted by atomic mass is 10.4. The summed E-state index contributed by atoms with van der Waals surface area (Å²) in [6, 6.07) is 5.62. The van der Waals surface area contributed by atoms with Crippen LogP contribution >= 0.6 is 23.2 Å². The summed E-state index contributed by atoms with van der Waals surface area (Å²) in [7, 11) is 0.0306. The third-order valence-corrected chi connectivity index (χ3v) is 4.53. The van der Waals surface area contributed by atoms with Gasteiger partial charge in [-0.25, -0.2) is 0 Å². The molecule has 0 spiro atoms. The molecule has 0 bridgehead atoms. The van der Waals surface area contributed by atoms with Gasteiger partial charge in [-0.2, -0.15) is 0 Å². The van der Waals surface area contributed by atoms with Gasteiger partial charge in [0.05, 0.1) is 20.9 Å². The molecule has 1 aromatic rings. The van der Waals surface area contributed by atoms with E-state index in [1.54, 1.807) is 0 Å². The van der Waals surface area contributed by atoms with E-state index in [-0.39, 0.29) is 10.9 Å². The molecule has 1 N–H and O–H groups in total. The lowest BCUT2D eigenvalue weighted by Gasteiger charge is -2.02. The van der Waals surface area contributed by atoms with Gasteiger partial charge in [-0.1, -0.05) is 29.3 Å². The average molecular weight is 233 g/mol. The van der Waals surface area contributed by atoms with Gasteiger partial charge in [-0.3, -0.25) is 0 Å². The first-order valence-electron chi connectivity index (χ1n) is 3.83. The second-order valence-corrected chi connectivity index (χ2v) is 5.27. The van der Waals surface area contributed by atoms with E-state index in [0.29, 0.717) is 0 Å². The summed E-state index contributed by atoms with van der Waals surface area (Å²) < 4.78 is 0. The molecule has 0 radical (unpaired) electrons. The Hall–Kier alpha value is -0.310. The van der Waals surface area contributed by atoms with Gasteiger partial charge in [0.15, 0.2) is 10.8 Å². The van der Waals surface area contributed by atoms with E-state index in [4.69, 9.17) is 23.2 Å². The second kappa shape index (κ2) is 3.82. The highest BCUT2D eigenvalue weighted by atomic mass is 35.5. The fourth-order valence-electron chi connectivity index (χ4n) is 1.19. The van der Waals surface area contributed by atoms with Gasteiger partial charge in [-0.05, 0) is 12.1 Å². The molecule has 0 saturated heterocycles. The summed E-state index contributed by atoms with van der Waals surface area (Å²) in [5, 5.41) is 6.75. The van der Waals surface area contributed by atoms with E-state index in [1.807, 2.05) is 24.4 Å². The third kappa shape index (κ3) is 1.80. The zero-order chi connectivity index (χ0) is 9.26. The van der Waals surface area contributed by atoms with Gasteiger partial charge < -0.3 is 5.32 Å². The van der Waals surface area contributed by atoms with Gasteiger partial charge in [-0.15, -0.1) is 0 Å². The van der Waals surface area contributed by atoms with Crippen LogP contribution in [0.1, 0.15) is 0 Å². The SMILES string of the molecule is Clc1cccc(Cl)c1[S+]1C=CNC1. The maximum atomic E-state index is 6.07. The number of rotatable bonds is 1. The van der Waals surface area contributed by atoms with Crippen LogP contribution in [0.2, 0.25) is 10.0 Å². The average Bonchev–Trinajstić information content (AvgIpc) is 2.57. The molecule has 4 heteroatoms. The Kier molecular flexibility index (Phi) is 2.72. The third-order valence-electron chi connectivity index (χ3n) is 1.77. The molecule has 1 heterocycles. The van der Waals surface area contributed by atoms with E-state index in [9.17, 15) is 0 Å². The smallest absolute Gasteiger partial charge is 0.199 e. The number of nitrogens with one attached hydrogen (secondary N) is 1. The van der Waals surface area contributed by atoms with Gasteiger partial charge in [0, 0.05) is 6.20 Å². The Morgan fingerprint density at radius 1 is 1.23 bits per heavy atom. The van der Waals surface area contributed by atoms with Gasteiger partial charge in [0.2, 0.25) is 0 Å². The minimum absolute atomic E-state index is 0.0306. The van der Waals surface area contributed by atoms with Crippen LogP contribution < -0.4 is 5.32 Å². The van der Waals surface area contributed by atoms with Crippen LogP contribution in [0.5, 0.6) is 0 Å². The molecule has 13 heavy (non-hydrogen) atoms. The standard InChI is InChI=1S/C9H8Cl2NS/c10-7-2-1-3-8(11)9(7)13-5-4-12-6-13/h1-5,12H,6H2/q+1. The van der Waals surface area contributed by atoms with Crippen LogP contribution in [0.3, 0.4) is 0 Å². The van der Waals surface area contributed by atoms with E-state index >= 15 is 0 Å². The minimum Gasteiger partial charge on any atom is -0.345 e. The van der Waals surface area contributed by atoms with Crippen LogP contribution in [-0.4, -0.2) is 5.88 Å². The molecule has 0 amide bonds. The minimum atomic E-state index is 0.0306. The molecular weight excluding hydrogens is 225 g/mol. The quantitative estimate of drug-likeness (QED) is 0.735. The van der Waals surface area contributed by atoms with Crippen molar-refractivity contribution in [3.05, 3.63) is 39.9 Å². The van der Waals surface area contributed by atoms with Gasteiger partial charge in [0.1, 0.15) is 5.41 Å². The topological polar surface area (TPSA) is 12.0 Å². The van der Waals surface area contributed by atoms with Crippen molar-refractivity contribution in [1.29, 1.82) is 0 Å². The Morgan fingerprint density at radius 2 is 1.92 bits per heavy atom. The van der Waals surface area contributed by atoms with Crippen LogP contribution in [0, 0.1) is 0 Å². The molecular formula is C9H8Cl2NS+. The summed E-state index contributed by atoms with van der Waals surface area (Å²) in [6.07, 6.45) is 1.95. The summed E-state index contributed by atoms with van der Waals surface area (Å²) in [5.74, 6) is 0.906. The molecule has 1 nitrogen and oxygen atoms in total. The number of hydrogen-bond donors (Lipinski definition) is 1. The van der Waals surface area contributed by atoms with Crippen molar-refractivity contribution in [1.82, 2.24) is 5.32 Å². The van der Waals surface area contributed by atoms with Crippen molar-refractivity contribution in [3.63, 3.8) is 0 Å². The summed E-state index contributed by atoms with van der Waals surface area (Å²) in [5.41, 5.74) is 0. The zero-order valence-electron chi connectivity index (χ0n) is 6.76. The van der Waals surface area contributed by atoms with Crippen molar-refractivity contribution < 1.29 is 0 Å².